The summed E-state index contributed by atoms with van der Waals surface area (Å²) in [5, 5.41) is 6.79. The van der Waals surface area contributed by atoms with Gasteiger partial charge in [0, 0.05) is 24.4 Å². The fraction of sp³-hybridized carbons (Fsp3) is 0.938. The molecular formula is C16H35IN4S. The zero-order valence-electron chi connectivity index (χ0n) is 14.9. The lowest BCUT2D eigenvalue weighted by atomic mass is 9.75. The highest BCUT2D eigenvalue weighted by atomic mass is 127. The van der Waals surface area contributed by atoms with Crippen LogP contribution in [-0.2, 0) is 0 Å². The minimum Gasteiger partial charge on any atom is -0.357 e. The average molecular weight is 442 g/mol. The molecule has 0 saturated heterocycles. The molecule has 2 N–H and O–H groups in total. The van der Waals surface area contributed by atoms with E-state index in [0.717, 1.165) is 37.3 Å². The third-order valence-corrected chi connectivity index (χ3v) is 5.10. The van der Waals surface area contributed by atoms with Crippen molar-refractivity contribution in [1.82, 2.24) is 15.5 Å². The van der Waals surface area contributed by atoms with Gasteiger partial charge < -0.3 is 15.5 Å². The first kappa shape index (κ1) is 22.3. The Hall–Kier alpha value is 0.310. The molecule has 2 atom stereocenters. The van der Waals surface area contributed by atoms with Gasteiger partial charge in [0.2, 0.25) is 0 Å². The molecule has 1 saturated carbocycles. The van der Waals surface area contributed by atoms with Gasteiger partial charge in [-0.2, -0.15) is 11.8 Å². The summed E-state index contributed by atoms with van der Waals surface area (Å²) in [7, 11) is 4.42. The molecule has 0 amide bonds. The van der Waals surface area contributed by atoms with E-state index in [9.17, 15) is 0 Å². The maximum atomic E-state index is 4.88. The van der Waals surface area contributed by atoms with Crippen molar-refractivity contribution in [2.24, 2.45) is 10.9 Å². The molecule has 0 heterocycles. The Kier molecular flexibility index (Phi) is 12.0. The third kappa shape index (κ3) is 7.25. The van der Waals surface area contributed by atoms with E-state index in [1.165, 1.54) is 25.7 Å². The van der Waals surface area contributed by atoms with Crippen LogP contribution in [-0.4, -0.2) is 62.1 Å². The highest BCUT2D eigenvalue weighted by molar-refractivity contribution is 14.0. The van der Waals surface area contributed by atoms with E-state index < -0.39 is 0 Å². The minimum absolute atomic E-state index is 0. The summed E-state index contributed by atoms with van der Waals surface area (Å²) >= 11 is 1.86. The highest BCUT2D eigenvalue weighted by Crippen LogP contribution is 2.35. The fourth-order valence-electron chi connectivity index (χ4n) is 3.16. The molecule has 0 aromatic carbocycles. The van der Waals surface area contributed by atoms with Crippen molar-refractivity contribution in [1.29, 1.82) is 0 Å². The molecule has 2 unspecified atom stereocenters. The molecule has 0 radical (unpaired) electrons. The van der Waals surface area contributed by atoms with E-state index in [1.807, 2.05) is 11.8 Å². The number of rotatable bonds is 7. The van der Waals surface area contributed by atoms with Crippen molar-refractivity contribution >= 4 is 41.7 Å². The summed E-state index contributed by atoms with van der Waals surface area (Å²) in [5.74, 6) is 2.88. The van der Waals surface area contributed by atoms with E-state index in [1.54, 1.807) is 0 Å². The number of guanidine groups is 1. The maximum Gasteiger partial charge on any atom is 0.191 e. The van der Waals surface area contributed by atoms with Gasteiger partial charge in [-0.15, -0.1) is 24.0 Å². The van der Waals surface area contributed by atoms with Gasteiger partial charge in [-0.25, -0.2) is 0 Å². The lowest BCUT2D eigenvalue weighted by Crippen LogP contribution is -2.51. The second-order valence-corrected chi connectivity index (χ2v) is 7.42. The minimum atomic E-state index is 0. The normalized spacial score (nSPS) is 25.7. The van der Waals surface area contributed by atoms with Gasteiger partial charge in [0.05, 0.1) is 6.54 Å². The van der Waals surface area contributed by atoms with Crippen molar-refractivity contribution in [2.75, 3.05) is 45.7 Å². The van der Waals surface area contributed by atoms with Crippen molar-refractivity contribution in [3.05, 3.63) is 0 Å². The Balaban J connectivity index is 0.00000441. The zero-order chi connectivity index (χ0) is 15.7. The Labute approximate surface area is 158 Å². The molecule has 1 aliphatic carbocycles. The quantitative estimate of drug-likeness (QED) is 0.275. The molecule has 4 nitrogen and oxygen atoms in total. The van der Waals surface area contributed by atoms with Crippen LogP contribution in [0.15, 0.2) is 4.99 Å². The Morgan fingerprint density at radius 3 is 2.64 bits per heavy atom. The molecule has 132 valence electrons. The lowest BCUT2D eigenvalue weighted by Gasteiger charge is -2.44. The van der Waals surface area contributed by atoms with Gasteiger partial charge in [-0.05, 0) is 46.0 Å². The predicted molar refractivity (Wildman–Crippen MR) is 112 cm³/mol. The van der Waals surface area contributed by atoms with Crippen LogP contribution in [0.4, 0.5) is 0 Å². The first-order chi connectivity index (χ1) is 10.0. The number of hydrogen-bond donors (Lipinski definition) is 2. The molecule has 0 aliphatic heterocycles. The van der Waals surface area contributed by atoms with Crippen LogP contribution < -0.4 is 10.6 Å². The molecule has 1 fully saturated rings. The van der Waals surface area contributed by atoms with Crippen molar-refractivity contribution < 1.29 is 0 Å². The number of hydrogen-bond acceptors (Lipinski definition) is 3. The zero-order valence-corrected chi connectivity index (χ0v) is 18.1. The van der Waals surface area contributed by atoms with Gasteiger partial charge in [-0.3, -0.25) is 4.99 Å². The Bertz CT molecular complexity index is 325. The molecule has 0 spiro atoms. The average Bonchev–Trinajstić information content (AvgIpc) is 2.45. The second-order valence-electron chi connectivity index (χ2n) is 6.44. The van der Waals surface area contributed by atoms with Crippen LogP contribution in [0.3, 0.4) is 0 Å². The van der Waals surface area contributed by atoms with Crippen molar-refractivity contribution in [2.45, 2.75) is 45.1 Å². The van der Waals surface area contributed by atoms with Gasteiger partial charge in [0.25, 0.3) is 0 Å². The first-order valence-corrected chi connectivity index (χ1v) is 9.62. The van der Waals surface area contributed by atoms with Crippen molar-refractivity contribution in [3.8, 4) is 0 Å². The summed E-state index contributed by atoms with van der Waals surface area (Å²) < 4.78 is 0. The van der Waals surface area contributed by atoms with E-state index in [4.69, 9.17) is 4.99 Å². The lowest BCUT2D eigenvalue weighted by molar-refractivity contribution is 0.0845. The number of thioether (sulfide) groups is 1. The molecule has 22 heavy (non-hydrogen) atoms. The number of nitrogens with one attached hydrogen (secondary N) is 2. The number of likely N-dealkylation sites (N-methyl/N-ethyl adjacent to an activating group) is 1. The third-order valence-electron chi connectivity index (χ3n) is 4.49. The van der Waals surface area contributed by atoms with Crippen LogP contribution in [0, 0.1) is 5.92 Å². The van der Waals surface area contributed by atoms with Crippen LogP contribution in [0.1, 0.15) is 39.5 Å². The van der Waals surface area contributed by atoms with Crippen LogP contribution >= 0.6 is 35.7 Å². The summed E-state index contributed by atoms with van der Waals surface area (Å²) in [6, 6.07) is 0. The summed E-state index contributed by atoms with van der Waals surface area (Å²) in [6.07, 6.45) is 7.35. The Morgan fingerprint density at radius 1 is 1.36 bits per heavy atom. The highest BCUT2D eigenvalue weighted by Gasteiger charge is 2.36. The summed E-state index contributed by atoms with van der Waals surface area (Å²) in [6.45, 7) is 7.27. The molecule has 1 rings (SSSR count). The smallest absolute Gasteiger partial charge is 0.191 e. The molecular weight excluding hydrogens is 407 g/mol. The molecule has 6 heteroatoms. The Morgan fingerprint density at radius 2 is 2.09 bits per heavy atom. The van der Waals surface area contributed by atoms with E-state index >= 15 is 0 Å². The monoisotopic (exact) mass is 442 g/mol. The fourth-order valence-corrected chi connectivity index (χ4v) is 3.47. The SMILES string of the molecule is CCNC(=NCC1(N(C)C)CCCC(C)C1)NCCSC.I. The van der Waals surface area contributed by atoms with Crippen LogP contribution in [0.5, 0.6) is 0 Å². The van der Waals surface area contributed by atoms with Gasteiger partial charge in [0.15, 0.2) is 5.96 Å². The molecule has 0 aromatic heterocycles. The van der Waals surface area contributed by atoms with Crippen LogP contribution in [0.25, 0.3) is 0 Å². The van der Waals surface area contributed by atoms with Gasteiger partial charge in [0.1, 0.15) is 0 Å². The van der Waals surface area contributed by atoms with Crippen LogP contribution in [0.2, 0.25) is 0 Å². The second kappa shape index (κ2) is 11.8. The van der Waals surface area contributed by atoms with E-state index in [2.05, 4.69) is 49.7 Å². The summed E-state index contributed by atoms with van der Waals surface area (Å²) in [4.78, 5) is 7.28. The first-order valence-electron chi connectivity index (χ1n) is 8.22. The van der Waals surface area contributed by atoms with E-state index in [-0.39, 0.29) is 29.5 Å². The number of aliphatic imine (C=N–C) groups is 1. The molecule has 1 aliphatic rings. The van der Waals surface area contributed by atoms with Gasteiger partial charge >= 0.3 is 0 Å². The van der Waals surface area contributed by atoms with Crippen molar-refractivity contribution in [3.63, 3.8) is 0 Å². The molecule has 0 bridgehead atoms. The van der Waals surface area contributed by atoms with Gasteiger partial charge in [-0.1, -0.05) is 19.8 Å². The standard InChI is InChI=1S/C16H34N4S.HI/c1-6-17-15(18-10-11-21-5)19-13-16(20(3)4)9-7-8-14(2)12-16;/h14H,6-13H2,1-5H3,(H2,17,18,19);1H. The summed E-state index contributed by atoms with van der Waals surface area (Å²) in [5.41, 5.74) is 0.236. The predicted octanol–water partition coefficient (Wildman–Crippen LogP) is 3.03. The number of nitrogens with zero attached hydrogens (tertiary/aromatic N) is 2. The maximum absolute atomic E-state index is 4.88. The topological polar surface area (TPSA) is 39.7 Å². The molecule has 0 aromatic rings. The largest absolute Gasteiger partial charge is 0.357 e. The van der Waals surface area contributed by atoms with E-state index in [0.29, 0.717) is 0 Å². The number of halogens is 1.